The number of hydrogen-bond donors (Lipinski definition) is 1. The van der Waals surface area contributed by atoms with Gasteiger partial charge in [-0.25, -0.2) is 4.98 Å². The fourth-order valence-corrected chi connectivity index (χ4v) is 2.74. The molecule has 4 heteroatoms. The molecule has 2 heterocycles. The molecule has 1 aliphatic rings. The SMILES string of the molecule is CCCNc1nc(C)cc(N2CCCCC2CC)n1. The van der Waals surface area contributed by atoms with E-state index in [-0.39, 0.29) is 0 Å². The van der Waals surface area contributed by atoms with E-state index < -0.39 is 0 Å². The van der Waals surface area contributed by atoms with Crippen LogP contribution >= 0.6 is 0 Å². The summed E-state index contributed by atoms with van der Waals surface area (Å²) >= 11 is 0. The summed E-state index contributed by atoms with van der Waals surface area (Å²) in [5, 5.41) is 3.30. The van der Waals surface area contributed by atoms with Gasteiger partial charge in [-0.2, -0.15) is 4.98 Å². The van der Waals surface area contributed by atoms with E-state index in [0.717, 1.165) is 37.0 Å². The van der Waals surface area contributed by atoms with Crippen molar-refractivity contribution in [2.45, 2.75) is 58.9 Å². The van der Waals surface area contributed by atoms with Crippen molar-refractivity contribution in [3.05, 3.63) is 11.8 Å². The van der Waals surface area contributed by atoms with Crippen LogP contribution < -0.4 is 10.2 Å². The topological polar surface area (TPSA) is 41.1 Å². The third kappa shape index (κ3) is 3.58. The maximum Gasteiger partial charge on any atom is 0.224 e. The first-order valence-corrected chi connectivity index (χ1v) is 7.60. The number of nitrogens with zero attached hydrogens (tertiary/aromatic N) is 3. The molecule has 0 spiro atoms. The monoisotopic (exact) mass is 262 g/mol. The van der Waals surface area contributed by atoms with E-state index in [0.29, 0.717) is 6.04 Å². The van der Waals surface area contributed by atoms with Crippen LogP contribution in [0.15, 0.2) is 6.07 Å². The molecule has 1 aliphatic heterocycles. The molecule has 1 saturated heterocycles. The van der Waals surface area contributed by atoms with Gasteiger partial charge in [-0.05, 0) is 39.0 Å². The Morgan fingerprint density at radius 3 is 2.89 bits per heavy atom. The second-order valence-electron chi connectivity index (χ2n) is 5.37. The van der Waals surface area contributed by atoms with Crippen molar-refractivity contribution in [2.24, 2.45) is 0 Å². The van der Waals surface area contributed by atoms with E-state index in [4.69, 9.17) is 4.98 Å². The zero-order valence-electron chi connectivity index (χ0n) is 12.4. The Hall–Kier alpha value is -1.32. The van der Waals surface area contributed by atoms with Crippen LogP contribution in [0, 0.1) is 6.92 Å². The molecular formula is C15H26N4. The summed E-state index contributed by atoms with van der Waals surface area (Å²) in [4.78, 5) is 11.6. The molecule has 0 bridgehead atoms. The lowest BCUT2D eigenvalue weighted by atomic mass is 10.00. The zero-order valence-corrected chi connectivity index (χ0v) is 12.4. The van der Waals surface area contributed by atoms with E-state index in [1.165, 1.54) is 25.7 Å². The number of aryl methyl sites for hydroxylation is 1. The van der Waals surface area contributed by atoms with Crippen LogP contribution in [0.25, 0.3) is 0 Å². The van der Waals surface area contributed by atoms with Gasteiger partial charge in [-0.3, -0.25) is 0 Å². The van der Waals surface area contributed by atoms with Crippen molar-refractivity contribution < 1.29 is 0 Å². The summed E-state index contributed by atoms with van der Waals surface area (Å²) in [6.45, 7) is 8.53. The van der Waals surface area contributed by atoms with Crippen LogP contribution in [-0.4, -0.2) is 29.1 Å². The van der Waals surface area contributed by atoms with E-state index in [1.807, 2.05) is 6.92 Å². The van der Waals surface area contributed by atoms with Gasteiger partial charge in [-0.15, -0.1) is 0 Å². The van der Waals surface area contributed by atoms with Crippen LogP contribution in [-0.2, 0) is 0 Å². The highest BCUT2D eigenvalue weighted by Crippen LogP contribution is 2.26. The molecule has 1 fully saturated rings. The first-order valence-electron chi connectivity index (χ1n) is 7.60. The highest BCUT2D eigenvalue weighted by molar-refractivity contribution is 5.46. The van der Waals surface area contributed by atoms with Gasteiger partial charge in [0.25, 0.3) is 0 Å². The Labute approximate surface area is 116 Å². The molecule has 1 atom stereocenters. The number of nitrogens with one attached hydrogen (secondary N) is 1. The maximum atomic E-state index is 4.70. The van der Waals surface area contributed by atoms with Crippen LogP contribution in [0.5, 0.6) is 0 Å². The first-order chi connectivity index (χ1) is 9.24. The van der Waals surface area contributed by atoms with Crippen molar-refractivity contribution in [1.82, 2.24) is 9.97 Å². The van der Waals surface area contributed by atoms with Crippen LogP contribution in [0.2, 0.25) is 0 Å². The van der Waals surface area contributed by atoms with Crippen molar-refractivity contribution >= 4 is 11.8 Å². The van der Waals surface area contributed by atoms with Gasteiger partial charge in [0.1, 0.15) is 5.82 Å². The first kappa shape index (κ1) is 14.1. The van der Waals surface area contributed by atoms with Crippen molar-refractivity contribution in [1.29, 1.82) is 0 Å². The molecular weight excluding hydrogens is 236 g/mol. The molecule has 0 aromatic carbocycles. The van der Waals surface area contributed by atoms with Crippen LogP contribution in [0.4, 0.5) is 11.8 Å². The number of piperidine rings is 1. The molecule has 0 saturated carbocycles. The Kier molecular flexibility index (Phi) is 5.00. The number of rotatable bonds is 5. The van der Waals surface area contributed by atoms with Crippen molar-refractivity contribution in [3.63, 3.8) is 0 Å². The van der Waals surface area contributed by atoms with E-state index in [2.05, 4.69) is 35.1 Å². The van der Waals surface area contributed by atoms with Crippen molar-refractivity contribution in [3.8, 4) is 0 Å². The Bertz CT molecular complexity index is 405. The smallest absolute Gasteiger partial charge is 0.224 e. The van der Waals surface area contributed by atoms with Gasteiger partial charge in [0.2, 0.25) is 5.95 Å². The molecule has 0 amide bonds. The van der Waals surface area contributed by atoms with Gasteiger partial charge < -0.3 is 10.2 Å². The minimum absolute atomic E-state index is 0.641. The molecule has 106 valence electrons. The Morgan fingerprint density at radius 1 is 1.32 bits per heavy atom. The largest absolute Gasteiger partial charge is 0.354 e. The van der Waals surface area contributed by atoms with E-state index in [1.54, 1.807) is 0 Å². The lowest BCUT2D eigenvalue weighted by Crippen LogP contribution is -2.39. The predicted molar refractivity (Wildman–Crippen MR) is 80.8 cm³/mol. The van der Waals surface area contributed by atoms with Crippen LogP contribution in [0.1, 0.15) is 51.6 Å². The summed E-state index contributed by atoms with van der Waals surface area (Å²) in [5.41, 5.74) is 1.05. The molecule has 4 nitrogen and oxygen atoms in total. The minimum Gasteiger partial charge on any atom is -0.354 e. The summed E-state index contributed by atoms with van der Waals surface area (Å²) in [7, 11) is 0. The third-order valence-electron chi connectivity index (χ3n) is 3.77. The second-order valence-corrected chi connectivity index (χ2v) is 5.37. The molecule has 19 heavy (non-hydrogen) atoms. The zero-order chi connectivity index (χ0) is 13.7. The standard InChI is InChI=1S/C15H26N4/c1-4-9-16-15-17-12(3)11-14(18-15)19-10-7-6-8-13(19)5-2/h11,13H,4-10H2,1-3H3,(H,16,17,18). The summed E-state index contributed by atoms with van der Waals surface area (Å²) in [5.74, 6) is 1.87. The summed E-state index contributed by atoms with van der Waals surface area (Å²) < 4.78 is 0. The number of hydrogen-bond acceptors (Lipinski definition) is 4. The molecule has 1 aromatic rings. The fourth-order valence-electron chi connectivity index (χ4n) is 2.74. The highest BCUT2D eigenvalue weighted by atomic mass is 15.2. The lowest BCUT2D eigenvalue weighted by molar-refractivity contribution is 0.446. The molecule has 1 N–H and O–H groups in total. The average Bonchev–Trinajstić information content (AvgIpc) is 2.44. The highest BCUT2D eigenvalue weighted by Gasteiger charge is 2.22. The molecule has 0 radical (unpaired) electrons. The second kappa shape index (κ2) is 6.73. The summed E-state index contributed by atoms with van der Waals surface area (Å²) in [6.07, 6.45) is 6.20. The predicted octanol–water partition coefficient (Wildman–Crippen LogP) is 3.38. The Balaban J connectivity index is 2.19. The van der Waals surface area contributed by atoms with Gasteiger partial charge in [0, 0.05) is 30.9 Å². The van der Waals surface area contributed by atoms with E-state index in [9.17, 15) is 0 Å². The van der Waals surface area contributed by atoms with E-state index >= 15 is 0 Å². The molecule has 1 unspecified atom stereocenters. The quantitative estimate of drug-likeness (QED) is 0.883. The van der Waals surface area contributed by atoms with Gasteiger partial charge in [-0.1, -0.05) is 13.8 Å². The number of aromatic nitrogens is 2. The van der Waals surface area contributed by atoms with Crippen LogP contribution in [0.3, 0.4) is 0 Å². The summed E-state index contributed by atoms with van der Waals surface area (Å²) in [6, 6.07) is 2.76. The fraction of sp³-hybridized carbons (Fsp3) is 0.733. The minimum atomic E-state index is 0.641. The van der Waals surface area contributed by atoms with Gasteiger partial charge in [0.05, 0.1) is 0 Å². The van der Waals surface area contributed by atoms with Gasteiger partial charge >= 0.3 is 0 Å². The Morgan fingerprint density at radius 2 is 2.16 bits per heavy atom. The average molecular weight is 262 g/mol. The molecule has 2 rings (SSSR count). The molecule has 0 aliphatic carbocycles. The van der Waals surface area contributed by atoms with Gasteiger partial charge in [0.15, 0.2) is 0 Å². The third-order valence-corrected chi connectivity index (χ3v) is 3.77. The number of anilines is 2. The normalized spacial score (nSPS) is 19.5. The lowest BCUT2D eigenvalue weighted by Gasteiger charge is -2.36. The molecule has 1 aromatic heterocycles. The van der Waals surface area contributed by atoms with Crippen molar-refractivity contribution in [2.75, 3.05) is 23.3 Å². The maximum absolute atomic E-state index is 4.70.